The summed E-state index contributed by atoms with van der Waals surface area (Å²) in [7, 11) is 0. The average Bonchev–Trinajstić information content (AvgIpc) is 3.51. The summed E-state index contributed by atoms with van der Waals surface area (Å²) < 4.78 is 4.78. The molecule has 3 rings (SSSR count). The fourth-order valence-electron chi connectivity index (χ4n) is 3.96. The van der Waals surface area contributed by atoms with Crippen LogP contribution < -0.4 is 0 Å². The number of likely N-dealkylation sites (tertiary alicyclic amines) is 2. The summed E-state index contributed by atoms with van der Waals surface area (Å²) in [6, 6.07) is 0. The predicted molar refractivity (Wildman–Crippen MR) is 158 cm³/mol. The minimum Gasteiger partial charge on any atom is -0.448 e. The summed E-state index contributed by atoms with van der Waals surface area (Å²) >= 11 is 0. The lowest BCUT2D eigenvalue weighted by Crippen LogP contribution is -2.44. The summed E-state index contributed by atoms with van der Waals surface area (Å²) in [6.07, 6.45) is 6.85. The van der Waals surface area contributed by atoms with Crippen LogP contribution in [0.5, 0.6) is 0 Å². The first-order valence-electron chi connectivity index (χ1n) is 14.7. The van der Waals surface area contributed by atoms with Crippen molar-refractivity contribution in [3.8, 4) is 0 Å². The van der Waals surface area contributed by atoms with Crippen molar-refractivity contribution in [1.82, 2.24) is 14.7 Å². The molecular formula is C30H67N3O2. The third-order valence-electron chi connectivity index (χ3n) is 5.93. The quantitative estimate of drug-likeness (QED) is 0.333. The Morgan fingerprint density at radius 1 is 0.514 bits per heavy atom. The first-order chi connectivity index (χ1) is 16.2. The topological polar surface area (TPSA) is 36.0 Å². The van der Waals surface area contributed by atoms with Gasteiger partial charge in [-0.15, -0.1) is 0 Å². The second kappa shape index (κ2) is 20.3. The molecule has 0 unspecified atom stereocenters. The normalized spacial score (nSPS) is 18.6. The van der Waals surface area contributed by atoms with Crippen LogP contribution in [-0.4, -0.2) is 76.7 Å². The summed E-state index contributed by atoms with van der Waals surface area (Å²) in [5.74, 6) is 0. The molecule has 35 heavy (non-hydrogen) atoms. The van der Waals surface area contributed by atoms with Gasteiger partial charge in [0.1, 0.15) is 6.61 Å². The van der Waals surface area contributed by atoms with E-state index in [2.05, 4.69) is 51.3 Å². The van der Waals surface area contributed by atoms with E-state index in [0.717, 1.165) is 6.54 Å². The summed E-state index contributed by atoms with van der Waals surface area (Å²) in [6.45, 7) is 38.3. The third kappa shape index (κ3) is 18.1. The van der Waals surface area contributed by atoms with E-state index in [1.807, 2.05) is 62.3 Å². The molecule has 3 aliphatic heterocycles. The molecule has 0 bridgehead atoms. The number of amides is 1. The molecule has 1 amide bonds. The van der Waals surface area contributed by atoms with Gasteiger partial charge in [-0.1, -0.05) is 48.0 Å². The number of carbonyl (C=O) groups is 1. The lowest BCUT2D eigenvalue weighted by molar-refractivity contribution is 0.111. The van der Waals surface area contributed by atoms with Crippen molar-refractivity contribution in [2.45, 2.75) is 153 Å². The highest BCUT2D eigenvalue weighted by Crippen LogP contribution is 2.20. The Morgan fingerprint density at radius 2 is 0.829 bits per heavy atom. The van der Waals surface area contributed by atoms with Crippen molar-refractivity contribution in [3.05, 3.63) is 0 Å². The molecule has 0 aromatic carbocycles. The van der Waals surface area contributed by atoms with E-state index in [4.69, 9.17) is 4.74 Å². The van der Waals surface area contributed by atoms with Crippen LogP contribution in [-0.2, 0) is 4.74 Å². The minimum absolute atomic E-state index is 0.0897. The number of carbonyl (C=O) groups excluding carboxylic acids is 1. The van der Waals surface area contributed by atoms with Crippen LogP contribution in [0.1, 0.15) is 136 Å². The van der Waals surface area contributed by atoms with Crippen LogP contribution in [0.15, 0.2) is 0 Å². The Balaban J connectivity index is -0.000000396. The lowest BCUT2D eigenvalue weighted by Gasteiger charge is -2.38. The van der Waals surface area contributed by atoms with Crippen LogP contribution in [0.25, 0.3) is 0 Å². The molecule has 0 saturated carbocycles. The van der Waals surface area contributed by atoms with Crippen molar-refractivity contribution in [1.29, 1.82) is 0 Å². The maximum atomic E-state index is 10.9. The molecule has 3 saturated heterocycles. The zero-order chi connectivity index (χ0) is 28.3. The van der Waals surface area contributed by atoms with Crippen molar-refractivity contribution >= 4 is 6.09 Å². The monoisotopic (exact) mass is 502 g/mol. The van der Waals surface area contributed by atoms with Gasteiger partial charge >= 0.3 is 6.09 Å². The highest BCUT2D eigenvalue weighted by atomic mass is 16.6. The van der Waals surface area contributed by atoms with Crippen molar-refractivity contribution < 1.29 is 9.53 Å². The highest BCUT2D eigenvalue weighted by molar-refractivity contribution is 5.70. The Bertz CT molecular complexity index is 475. The van der Waals surface area contributed by atoms with Crippen molar-refractivity contribution in [3.63, 3.8) is 0 Å². The number of cyclic esters (lactones) is 1. The largest absolute Gasteiger partial charge is 0.448 e. The van der Waals surface area contributed by atoms with Gasteiger partial charge in [0.2, 0.25) is 0 Å². The van der Waals surface area contributed by atoms with Gasteiger partial charge in [0.05, 0.1) is 6.54 Å². The van der Waals surface area contributed by atoms with Crippen LogP contribution in [0.3, 0.4) is 0 Å². The Labute approximate surface area is 222 Å². The van der Waals surface area contributed by atoms with E-state index in [0.29, 0.717) is 17.7 Å². The lowest BCUT2D eigenvalue weighted by atomic mass is 10.0. The van der Waals surface area contributed by atoms with Gasteiger partial charge in [-0.05, 0) is 114 Å². The molecule has 0 N–H and O–H groups in total. The average molecular weight is 502 g/mol. The van der Waals surface area contributed by atoms with Crippen molar-refractivity contribution in [2.75, 3.05) is 39.3 Å². The zero-order valence-corrected chi connectivity index (χ0v) is 26.9. The smallest absolute Gasteiger partial charge is 0.410 e. The third-order valence-corrected chi connectivity index (χ3v) is 5.93. The molecule has 3 fully saturated rings. The van der Waals surface area contributed by atoms with Gasteiger partial charge in [0.25, 0.3) is 0 Å². The summed E-state index contributed by atoms with van der Waals surface area (Å²) in [5, 5.41) is 0. The predicted octanol–water partition coefficient (Wildman–Crippen LogP) is 8.47. The van der Waals surface area contributed by atoms with E-state index >= 15 is 0 Å². The summed E-state index contributed by atoms with van der Waals surface area (Å²) in [4.78, 5) is 17.8. The van der Waals surface area contributed by atoms with Gasteiger partial charge in [-0.3, -0.25) is 14.7 Å². The van der Waals surface area contributed by atoms with Crippen LogP contribution in [0.4, 0.5) is 4.79 Å². The first kappa shape index (κ1) is 38.7. The number of rotatable bonds is 0. The number of nitrogens with zero attached hydrogens (tertiary/aromatic N) is 3. The van der Waals surface area contributed by atoms with E-state index in [1.165, 1.54) is 58.3 Å². The van der Waals surface area contributed by atoms with Gasteiger partial charge in [-0.25, -0.2) is 4.79 Å². The molecule has 0 aromatic heterocycles. The molecule has 0 aromatic rings. The zero-order valence-electron chi connectivity index (χ0n) is 26.9. The van der Waals surface area contributed by atoms with E-state index < -0.39 is 0 Å². The highest BCUT2D eigenvalue weighted by Gasteiger charge is 2.31. The Morgan fingerprint density at radius 3 is 1.00 bits per heavy atom. The molecule has 3 heterocycles. The number of hydrogen-bond donors (Lipinski definition) is 0. The summed E-state index contributed by atoms with van der Waals surface area (Å²) in [5.41, 5.74) is 0.727. The first-order valence-corrected chi connectivity index (χ1v) is 14.7. The molecule has 0 spiro atoms. The fourth-order valence-corrected chi connectivity index (χ4v) is 3.96. The second-order valence-corrected chi connectivity index (χ2v) is 11.5. The SMILES string of the molecule is CC.CC.CC.CC(C)(C)N1CCCC1.CC(C)(C)N1CCCCC1.CC(C)(C)N1CCOC1=O. The number of ether oxygens (including phenoxy) is 1. The molecule has 0 aliphatic carbocycles. The minimum atomic E-state index is -0.187. The molecule has 214 valence electrons. The van der Waals surface area contributed by atoms with Gasteiger partial charge < -0.3 is 4.74 Å². The molecule has 0 atom stereocenters. The van der Waals surface area contributed by atoms with E-state index in [1.54, 1.807) is 4.90 Å². The Kier molecular flexibility index (Phi) is 22.4. The van der Waals surface area contributed by atoms with Crippen LogP contribution in [0, 0.1) is 0 Å². The van der Waals surface area contributed by atoms with Crippen LogP contribution >= 0.6 is 0 Å². The van der Waals surface area contributed by atoms with Gasteiger partial charge in [0.15, 0.2) is 0 Å². The van der Waals surface area contributed by atoms with Gasteiger partial charge in [0, 0.05) is 16.6 Å². The van der Waals surface area contributed by atoms with E-state index in [9.17, 15) is 4.79 Å². The number of piperidine rings is 1. The number of hydrogen-bond acceptors (Lipinski definition) is 4. The van der Waals surface area contributed by atoms with Crippen LogP contribution in [0.2, 0.25) is 0 Å². The molecule has 0 radical (unpaired) electrons. The molecule has 5 nitrogen and oxygen atoms in total. The fraction of sp³-hybridized carbons (Fsp3) is 0.967. The standard InChI is InChI=1S/C9H19N.C8H17N.C7H13NO2.3C2H6/c1-9(2,3)10-7-5-4-6-8-10;1-8(2,3)9-6-4-5-7-9;1-7(2,3)8-4-5-10-6(8)9;3*1-2/h4-8H2,1-3H3;4-7H2,1-3H3;4-5H2,1-3H3;3*1-2H3. The molecule has 3 aliphatic rings. The van der Waals surface area contributed by atoms with Gasteiger partial charge in [-0.2, -0.15) is 0 Å². The second-order valence-electron chi connectivity index (χ2n) is 11.5. The molecular weight excluding hydrogens is 434 g/mol. The van der Waals surface area contributed by atoms with Crippen molar-refractivity contribution in [2.24, 2.45) is 0 Å². The molecule has 5 heteroatoms. The Hall–Kier alpha value is -0.810. The van der Waals surface area contributed by atoms with E-state index in [-0.39, 0.29) is 11.6 Å². The maximum Gasteiger partial charge on any atom is 0.410 e. The maximum absolute atomic E-state index is 10.9.